The molecular formula is C25H23FN4O. The summed E-state index contributed by atoms with van der Waals surface area (Å²) >= 11 is 0. The highest BCUT2D eigenvalue weighted by molar-refractivity contribution is 5.72. The fourth-order valence-electron chi connectivity index (χ4n) is 3.22. The Labute approximate surface area is 181 Å². The van der Waals surface area contributed by atoms with Crippen molar-refractivity contribution in [2.45, 2.75) is 6.42 Å². The molecule has 0 fully saturated rings. The van der Waals surface area contributed by atoms with Crippen LogP contribution in [0.3, 0.4) is 0 Å². The number of pyridine rings is 1. The van der Waals surface area contributed by atoms with E-state index in [1.165, 1.54) is 12.1 Å². The van der Waals surface area contributed by atoms with Crippen LogP contribution < -0.4 is 5.32 Å². The molecule has 0 saturated heterocycles. The van der Waals surface area contributed by atoms with Gasteiger partial charge < -0.3 is 10.1 Å². The lowest BCUT2D eigenvalue weighted by Crippen LogP contribution is -2.07. The van der Waals surface area contributed by atoms with Gasteiger partial charge in [-0.1, -0.05) is 42.5 Å². The SMILES string of the molecule is COCCCNc1cc(-c2cncc(-c3ccc(F)cc3)c2)nc(-c2ccccc2)n1. The molecule has 2 heterocycles. The normalized spacial score (nSPS) is 10.8. The fraction of sp³-hybridized carbons (Fsp3) is 0.160. The summed E-state index contributed by atoms with van der Waals surface area (Å²) in [4.78, 5) is 13.9. The number of ether oxygens (including phenoxy) is 1. The molecule has 4 aromatic rings. The number of nitrogens with one attached hydrogen (secondary N) is 1. The third-order valence-corrected chi connectivity index (χ3v) is 4.80. The molecule has 1 N–H and O–H groups in total. The van der Waals surface area contributed by atoms with E-state index in [1.807, 2.05) is 42.5 Å². The first-order valence-corrected chi connectivity index (χ1v) is 10.1. The third kappa shape index (κ3) is 5.29. The second-order valence-electron chi connectivity index (χ2n) is 7.07. The molecule has 2 aromatic heterocycles. The van der Waals surface area contributed by atoms with Crippen LogP contribution in [0.5, 0.6) is 0 Å². The average molecular weight is 414 g/mol. The molecule has 5 nitrogen and oxygen atoms in total. The minimum absolute atomic E-state index is 0.264. The number of hydrogen-bond donors (Lipinski definition) is 1. The van der Waals surface area contributed by atoms with E-state index in [1.54, 1.807) is 31.6 Å². The predicted molar refractivity (Wildman–Crippen MR) is 121 cm³/mol. The molecule has 0 aliphatic carbocycles. The van der Waals surface area contributed by atoms with Crippen LogP contribution in [0, 0.1) is 5.82 Å². The Morgan fingerprint density at radius 3 is 2.39 bits per heavy atom. The second kappa shape index (κ2) is 9.91. The molecule has 0 amide bonds. The second-order valence-corrected chi connectivity index (χ2v) is 7.07. The van der Waals surface area contributed by atoms with E-state index in [2.05, 4.69) is 10.3 Å². The van der Waals surface area contributed by atoms with Crippen molar-refractivity contribution < 1.29 is 9.13 Å². The quantitative estimate of drug-likeness (QED) is 0.388. The Morgan fingerprint density at radius 2 is 1.61 bits per heavy atom. The zero-order valence-corrected chi connectivity index (χ0v) is 17.3. The van der Waals surface area contributed by atoms with Crippen molar-refractivity contribution in [2.24, 2.45) is 0 Å². The average Bonchev–Trinajstić information content (AvgIpc) is 2.83. The number of benzene rings is 2. The summed E-state index contributed by atoms with van der Waals surface area (Å²) in [7, 11) is 1.69. The van der Waals surface area contributed by atoms with Crippen LogP contribution in [0.2, 0.25) is 0 Å². The van der Waals surface area contributed by atoms with E-state index >= 15 is 0 Å². The molecule has 0 atom stereocenters. The molecule has 2 aromatic carbocycles. The van der Waals surface area contributed by atoms with Gasteiger partial charge in [-0.05, 0) is 30.2 Å². The number of methoxy groups -OCH3 is 1. The van der Waals surface area contributed by atoms with E-state index in [-0.39, 0.29) is 5.82 Å². The molecule has 31 heavy (non-hydrogen) atoms. The largest absolute Gasteiger partial charge is 0.385 e. The summed E-state index contributed by atoms with van der Waals surface area (Å²) in [5, 5.41) is 3.36. The van der Waals surface area contributed by atoms with Crippen LogP contribution in [-0.4, -0.2) is 35.2 Å². The predicted octanol–water partition coefficient (Wildman–Crippen LogP) is 5.46. The molecule has 156 valence electrons. The van der Waals surface area contributed by atoms with Crippen molar-refractivity contribution in [1.82, 2.24) is 15.0 Å². The Kier molecular flexibility index (Phi) is 6.59. The molecule has 4 rings (SSSR count). The first-order chi connectivity index (χ1) is 15.2. The van der Waals surface area contributed by atoms with Crippen LogP contribution in [-0.2, 0) is 4.74 Å². The zero-order valence-electron chi connectivity index (χ0n) is 17.3. The Bertz CT molecular complexity index is 1130. The lowest BCUT2D eigenvalue weighted by molar-refractivity contribution is 0.198. The van der Waals surface area contributed by atoms with Crippen molar-refractivity contribution in [3.8, 4) is 33.8 Å². The van der Waals surface area contributed by atoms with Gasteiger partial charge in [0, 0.05) is 55.4 Å². The summed E-state index contributed by atoms with van der Waals surface area (Å²) in [6, 6.07) is 20.2. The highest BCUT2D eigenvalue weighted by atomic mass is 19.1. The molecule has 6 heteroatoms. The van der Waals surface area contributed by atoms with Gasteiger partial charge in [0.2, 0.25) is 0 Å². The summed E-state index contributed by atoms with van der Waals surface area (Å²) in [6.45, 7) is 1.42. The zero-order chi connectivity index (χ0) is 21.5. The van der Waals surface area contributed by atoms with Gasteiger partial charge in [-0.3, -0.25) is 4.98 Å². The van der Waals surface area contributed by atoms with Crippen molar-refractivity contribution in [3.05, 3.63) is 84.9 Å². The van der Waals surface area contributed by atoms with Crippen LogP contribution >= 0.6 is 0 Å². The number of nitrogens with zero attached hydrogens (tertiary/aromatic N) is 3. The maximum absolute atomic E-state index is 13.3. The first-order valence-electron chi connectivity index (χ1n) is 10.1. The summed E-state index contributed by atoms with van der Waals surface area (Å²) in [5.41, 5.74) is 4.35. The van der Waals surface area contributed by atoms with Gasteiger partial charge in [0.1, 0.15) is 11.6 Å². The lowest BCUT2D eigenvalue weighted by Gasteiger charge is -2.11. The summed E-state index contributed by atoms with van der Waals surface area (Å²) < 4.78 is 18.4. The van der Waals surface area contributed by atoms with Gasteiger partial charge in [-0.15, -0.1) is 0 Å². The number of aromatic nitrogens is 3. The topological polar surface area (TPSA) is 59.9 Å². The van der Waals surface area contributed by atoms with Crippen molar-refractivity contribution in [3.63, 3.8) is 0 Å². The van der Waals surface area contributed by atoms with E-state index in [9.17, 15) is 4.39 Å². The number of hydrogen-bond acceptors (Lipinski definition) is 5. The molecule has 0 bridgehead atoms. The van der Waals surface area contributed by atoms with E-state index in [4.69, 9.17) is 14.7 Å². The highest BCUT2D eigenvalue weighted by Crippen LogP contribution is 2.27. The molecule has 0 aliphatic rings. The Balaban J connectivity index is 1.71. The number of halogens is 1. The standard InChI is InChI=1S/C25H23FN4O/c1-31-13-5-12-28-24-15-23(29-25(30-24)19-6-3-2-4-7-19)21-14-20(16-27-17-21)18-8-10-22(26)11-9-18/h2-4,6-11,14-17H,5,12-13H2,1H3,(H,28,29,30). The highest BCUT2D eigenvalue weighted by Gasteiger charge is 2.10. The van der Waals surface area contributed by atoms with Crippen molar-refractivity contribution in [1.29, 1.82) is 0 Å². The number of rotatable bonds is 8. The Hall–Kier alpha value is -3.64. The number of anilines is 1. The van der Waals surface area contributed by atoms with Gasteiger partial charge in [-0.2, -0.15) is 0 Å². The molecule has 0 spiro atoms. The van der Waals surface area contributed by atoms with Gasteiger partial charge in [0.15, 0.2) is 5.82 Å². The summed E-state index contributed by atoms with van der Waals surface area (Å²) in [5.74, 6) is 1.12. The first kappa shape index (κ1) is 20.6. The van der Waals surface area contributed by atoms with Crippen molar-refractivity contribution >= 4 is 5.82 Å². The van der Waals surface area contributed by atoms with Crippen LogP contribution in [0.25, 0.3) is 33.8 Å². The molecular weight excluding hydrogens is 391 g/mol. The monoisotopic (exact) mass is 414 g/mol. The van der Waals surface area contributed by atoms with Crippen LogP contribution in [0.1, 0.15) is 6.42 Å². The van der Waals surface area contributed by atoms with E-state index in [0.29, 0.717) is 12.4 Å². The molecule has 0 radical (unpaired) electrons. The third-order valence-electron chi connectivity index (χ3n) is 4.80. The smallest absolute Gasteiger partial charge is 0.162 e. The van der Waals surface area contributed by atoms with Crippen LogP contribution in [0.15, 0.2) is 79.1 Å². The molecule has 0 aliphatic heterocycles. The van der Waals surface area contributed by atoms with E-state index in [0.717, 1.165) is 46.7 Å². The minimum atomic E-state index is -0.264. The fourth-order valence-corrected chi connectivity index (χ4v) is 3.22. The lowest BCUT2D eigenvalue weighted by atomic mass is 10.0. The van der Waals surface area contributed by atoms with Crippen LogP contribution in [0.4, 0.5) is 10.2 Å². The van der Waals surface area contributed by atoms with Gasteiger partial charge in [0.25, 0.3) is 0 Å². The van der Waals surface area contributed by atoms with Crippen molar-refractivity contribution in [2.75, 3.05) is 25.6 Å². The van der Waals surface area contributed by atoms with Gasteiger partial charge >= 0.3 is 0 Å². The summed E-state index contributed by atoms with van der Waals surface area (Å²) in [6.07, 6.45) is 4.41. The Morgan fingerprint density at radius 1 is 0.839 bits per heavy atom. The molecule has 0 unspecified atom stereocenters. The maximum atomic E-state index is 13.3. The van der Waals surface area contributed by atoms with Gasteiger partial charge in [0.05, 0.1) is 5.69 Å². The minimum Gasteiger partial charge on any atom is -0.385 e. The van der Waals surface area contributed by atoms with E-state index < -0.39 is 0 Å². The van der Waals surface area contributed by atoms with Gasteiger partial charge in [-0.25, -0.2) is 14.4 Å². The molecule has 0 saturated carbocycles. The maximum Gasteiger partial charge on any atom is 0.162 e.